The quantitative estimate of drug-likeness (QED) is 0.891. The summed E-state index contributed by atoms with van der Waals surface area (Å²) in [5, 5.41) is 12.0. The number of hydrogen-bond donors (Lipinski definition) is 2. The predicted molar refractivity (Wildman–Crippen MR) is 77.7 cm³/mol. The van der Waals surface area contributed by atoms with Gasteiger partial charge in [0.1, 0.15) is 0 Å². The third-order valence-corrected chi connectivity index (χ3v) is 5.20. The van der Waals surface area contributed by atoms with Gasteiger partial charge in [-0.1, -0.05) is 30.3 Å². The second-order valence-electron chi connectivity index (χ2n) is 6.22. The van der Waals surface area contributed by atoms with Gasteiger partial charge in [-0.3, -0.25) is 4.90 Å². The molecule has 3 aliphatic rings. The standard InChI is InChI=1S/C16H22N2O2/c1-18-11-12-7-9-16(18,10-8-12)14(17-15(19)20)13-5-3-2-4-6-13/h2-6,12,14,17H,7-11H2,1H3,(H,19,20). The van der Waals surface area contributed by atoms with Crippen LogP contribution in [0.4, 0.5) is 4.79 Å². The second-order valence-corrected chi connectivity index (χ2v) is 6.22. The Balaban J connectivity index is 1.98. The normalized spacial score (nSPS) is 30.9. The second kappa shape index (κ2) is 5.09. The Morgan fingerprint density at radius 2 is 2.00 bits per heavy atom. The highest BCUT2D eigenvalue weighted by Gasteiger charge is 2.50. The van der Waals surface area contributed by atoms with Crippen molar-refractivity contribution in [3.8, 4) is 0 Å². The minimum Gasteiger partial charge on any atom is -0.465 e. The Bertz CT molecular complexity index is 481. The third kappa shape index (κ3) is 2.18. The maximum Gasteiger partial charge on any atom is 0.405 e. The van der Waals surface area contributed by atoms with Gasteiger partial charge in [0.15, 0.2) is 0 Å². The zero-order chi connectivity index (χ0) is 14.2. The molecule has 4 heteroatoms. The molecule has 2 aliphatic heterocycles. The fourth-order valence-corrected chi connectivity index (χ4v) is 4.12. The summed E-state index contributed by atoms with van der Waals surface area (Å²) < 4.78 is 0. The minimum absolute atomic E-state index is 0.0610. The number of fused-ring (bicyclic) bond motifs is 3. The molecule has 1 aromatic carbocycles. The molecule has 4 rings (SSSR count). The number of nitrogens with zero attached hydrogens (tertiary/aromatic N) is 1. The van der Waals surface area contributed by atoms with Gasteiger partial charge in [0.2, 0.25) is 0 Å². The first-order chi connectivity index (χ1) is 9.62. The number of benzene rings is 1. The van der Waals surface area contributed by atoms with E-state index < -0.39 is 6.09 Å². The molecule has 20 heavy (non-hydrogen) atoms. The average Bonchev–Trinajstić information content (AvgIpc) is 2.47. The maximum atomic E-state index is 11.3. The van der Waals surface area contributed by atoms with Crippen molar-refractivity contribution in [3.05, 3.63) is 35.9 Å². The Hall–Kier alpha value is -1.55. The van der Waals surface area contributed by atoms with Gasteiger partial charge in [0.05, 0.1) is 6.04 Å². The van der Waals surface area contributed by atoms with Crippen molar-refractivity contribution in [2.45, 2.75) is 37.3 Å². The summed E-state index contributed by atoms with van der Waals surface area (Å²) in [7, 11) is 2.14. The number of hydrogen-bond acceptors (Lipinski definition) is 2. The van der Waals surface area contributed by atoms with E-state index in [2.05, 4.69) is 17.3 Å². The fourth-order valence-electron chi connectivity index (χ4n) is 4.12. The van der Waals surface area contributed by atoms with Crippen LogP contribution >= 0.6 is 0 Å². The molecule has 2 N–H and O–H groups in total. The van der Waals surface area contributed by atoms with Crippen molar-refractivity contribution in [3.63, 3.8) is 0 Å². The van der Waals surface area contributed by atoms with Crippen LogP contribution in [0.5, 0.6) is 0 Å². The first-order valence-electron chi connectivity index (χ1n) is 7.37. The van der Waals surface area contributed by atoms with Crippen molar-refractivity contribution in [1.29, 1.82) is 0 Å². The number of carbonyl (C=O) groups is 1. The van der Waals surface area contributed by atoms with Crippen molar-refractivity contribution >= 4 is 6.09 Å². The predicted octanol–water partition coefficient (Wildman–Crippen LogP) is 2.87. The lowest BCUT2D eigenvalue weighted by Gasteiger charge is -2.56. The minimum atomic E-state index is -0.936. The van der Waals surface area contributed by atoms with Crippen LogP contribution in [0.3, 0.4) is 0 Å². The molecular weight excluding hydrogens is 252 g/mol. The van der Waals surface area contributed by atoms with E-state index in [0.717, 1.165) is 30.9 Å². The molecule has 1 atom stereocenters. The lowest BCUT2D eigenvalue weighted by Crippen LogP contribution is -2.62. The monoisotopic (exact) mass is 274 g/mol. The van der Waals surface area contributed by atoms with E-state index in [1.54, 1.807) is 0 Å². The topological polar surface area (TPSA) is 52.6 Å². The smallest absolute Gasteiger partial charge is 0.405 e. The van der Waals surface area contributed by atoms with E-state index in [1.807, 2.05) is 30.3 Å². The van der Waals surface area contributed by atoms with Crippen LogP contribution in [0.25, 0.3) is 0 Å². The first kappa shape index (κ1) is 13.4. The van der Waals surface area contributed by atoms with E-state index in [9.17, 15) is 9.90 Å². The molecule has 1 saturated carbocycles. The summed E-state index contributed by atoms with van der Waals surface area (Å²) in [6, 6.07) is 9.86. The lowest BCUT2D eigenvalue weighted by molar-refractivity contribution is -0.0406. The fraction of sp³-hybridized carbons (Fsp3) is 0.562. The molecule has 2 heterocycles. The zero-order valence-corrected chi connectivity index (χ0v) is 11.9. The highest BCUT2D eigenvalue weighted by atomic mass is 16.4. The highest BCUT2D eigenvalue weighted by molar-refractivity contribution is 5.65. The van der Waals surface area contributed by atoms with E-state index >= 15 is 0 Å². The van der Waals surface area contributed by atoms with Gasteiger partial charge in [-0.25, -0.2) is 4.79 Å². The number of likely N-dealkylation sites (N-methyl/N-ethyl adjacent to an activating group) is 1. The zero-order valence-electron chi connectivity index (χ0n) is 11.9. The van der Waals surface area contributed by atoms with Crippen molar-refractivity contribution in [2.75, 3.05) is 13.6 Å². The van der Waals surface area contributed by atoms with Crippen LogP contribution in [-0.2, 0) is 0 Å². The number of carboxylic acid groups (broad SMARTS) is 1. The number of rotatable bonds is 3. The van der Waals surface area contributed by atoms with Crippen molar-refractivity contribution in [2.24, 2.45) is 5.92 Å². The molecule has 0 aromatic heterocycles. The van der Waals surface area contributed by atoms with Gasteiger partial charge in [0, 0.05) is 12.1 Å². The summed E-state index contributed by atoms with van der Waals surface area (Å²) >= 11 is 0. The SMILES string of the molecule is CN1CC2CCC1(C(NC(=O)O)c1ccccc1)CC2. The summed E-state index contributed by atoms with van der Waals surface area (Å²) in [5.74, 6) is 0.795. The number of amides is 1. The summed E-state index contributed by atoms with van der Waals surface area (Å²) in [6.45, 7) is 1.09. The van der Waals surface area contributed by atoms with Gasteiger partial charge in [0.25, 0.3) is 0 Å². The third-order valence-electron chi connectivity index (χ3n) is 5.20. The van der Waals surface area contributed by atoms with Gasteiger partial charge >= 0.3 is 6.09 Å². The lowest BCUT2D eigenvalue weighted by atomic mass is 9.66. The molecule has 3 fully saturated rings. The van der Waals surface area contributed by atoms with Crippen molar-refractivity contribution in [1.82, 2.24) is 10.2 Å². The number of piperidine rings is 2. The van der Waals surface area contributed by atoms with Crippen LogP contribution in [0.1, 0.15) is 37.3 Å². The Morgan fingerprint density at radius 3 is 2.55 bits per heavy atom. The molecule has 1 aliphatic carbocycles. The summed E-state index contributed by atoms with van der Waals surface area (Å²) in [6.07, 6.45) is 3.65. The van der Waals surface area contributed by atoms with Crippen LogP contribution in [0.2, 0.25) is 0 Å². The summed E-state index contributed by atoms with van der Waals surface area (Å²) in [5.41, 5.74) is 1.01. The highest BCUT2D eigenvalue weighted by Crippen LogP contribution is 2.48. The number of nitrogens with one attached hydrogen (secondary N) is 1. The van der Waals surface area contributed by atoms with E-state index in [-0.39, 0.29) is 11.6 Å². The van der Waals surface area contributed by atoms with Crippen LogP contribution in [-0.4, -0.2) is 35.2 Å². The molecule has 0 radical (unpaired) electrons. The van der Waals surface area contributed by atoms with Gasteiger partial charge in [-0.15, -0.1) is 0 Å². The molecule has 2 bridgehead atoms. The van der Waals surface area contributed by atoms with Crippen LogP contribution in [0, 0.1) is 5.92 Å². The van der Waals surface area contributed by atoms with E-state index in [4.69, 9.17) is 0 Å². The molecule has 0 spiro atoms. The van der Waals surface area contributed by atoms with E-state index in [1.165, 1.54) is 12.8 Å². The Kier molecular flexibility index (Phi) is 3.42. The van der Waals surface area contributed by atoms with Gasteiger partial charge in [-0.05, 0) is 44.2 Å². The van der Waals surface area contributed by atoms with Gasteiger partial charge in [-0.2, -0.15) is 0 Å². The first-order valence-corrected chi connectivity index (χ1v) is 7.37. The van der Waals surface area contributed by atoms with Crippen molar-refractivity contribution < 1.29 is 9.90 Å². The summed E-state index contributed by atoms with van der Waals surface area (Å²) in [4.78, 5) is 13.7. The Labute approximate surface area is 119 Å². The Morgan fingerprint density at radius 1 is 1.35 bits per heavy atom. The van der Waals surface area contributed by atoms with E-state index in [0.29, 0.717) is 0 Å². The average molecular weight is 274 g/mol. The largest absolute Gasteiger partial charge is 0.465 e. The van der Waals surface area contributed by atoms with Gasteiger partial charge < -0.3 is 10.4 Å². The molecule has 4 nitrogen and oxygen atoms in total. The molecule has 108 valence electrons. The molecular formula is C16H22N2O2. The van der Waals surface area contributed by atoms with Crippen LogP contribution in [0.15, 0.2) is 30.3 Å². The molecule has 1 unspecified atom stereocenters. The maximum absolute atomic E-state index is 11.3. The molecule has 1 amide bonds. The molecule has 2 saturated heterocycles. The molecule has 1 aromatic rings. The van der Waals surface area contributed by atoms with Crippen LogP contribution < -0.4 is 5.32 Å².